The third-order valence-electron chi connectivity index (χ3n) is 3.27. The molecule has 2 rings (SSSR count). The highest BCUT2D eigenvalue weighted by Crippen LogP contribution is 2.33. The van der Waals surface area contributed by atoms with E-state index in [2.05, 4.69) is 0 Å². The summed E-state index contributed by atoms with van der Waals surface area (Å²) in [5, 5.41) is 8.61. The van der Waals surface area contributed by atoms with Gasteiger partial charge < -0.3 is 9.84 Å². The van der Waals surface area contributed by atoms with Crippen molar-refractivity contribution in [2.24, 2.45) is 0 Å². The summed E-state index contributed by atoms with van der Waals surface area (Å²) in [6, 6.07) is 2.65. The van der Waals surface area contributed by atoms with Gasteiger partial charge in [-0.05, 0) is 36.8 Å². The number of ether oxygens (including phenoxy) is 1. The van der Waals surface area contributed by atoms with Crippen molar-refractivity contribution >= 4 is 52.3 Å². The number of benzene rings is 1. The van der Waals surface area contributed by atoms with Gasteiger partial charge in [-0.1, -0.05) is 23.2 Å². The van der Waals surface area contributed by atoms with Gasteiger partial charge in [0.1, 0.15) is 0 Å². The molecule has 0 saturated heterocycles. The number of hydrogen-bond acceptors (Lipinski definition) is 5. The lowest BCUT2D eigenvalue weighted by Crippen LogP contribution is -2.11. The van der Waals surface area contributed by atoms with Gasteiger partial charge in [-0.2, -0.15) is 0 Å². The van der Waals surface area contributed by atoms with Crippen molar-refractivity contribution < 1.29 is 29.0 Å². The molecule has 1 aliphatic rings. The van der Waals surface area contributed by atoms with Crippen LogP contribution in [0.4, 0.5) is 0 Å². The fraction of sp³-hybridized carbons (Fsp3) is 0.176. The predicted molar refractivity (Wildman–Crippen MR) is 90.7 cm³/mol. The predicted octanol–water partition coefficient (Wildman–Crippen LogP) is 3.11. The topological polar surface area (TPSA) is 97.7 Å². The highest BCUT2D eigenvalue weighted by molar-refractivity contribution is 6.42. The Morgan fingerprint density at radius 2 is 1.84 bits per heavy atom. The van der Waals surface area contributed by atoms with Crippen molar-refractivity contribution in [2.45, 2.75) is 12.8 Å². The van der Waals surface area contributed by atoms with Crippen LogP contribution in [0.25, 0.3) is 5.57 Å². The first-order valence-electron chi connectivity index (χ1n) is 7.16. The molecule has 0 fully saturated rings. The van der Waals surface area contributed by atoms with E-state index >= 15 is 0 Å². The summed E-state index contributed by atoms with van der Waals surface area (Å²) in [5.74, 6) is -2.63. The summed E-state index contributed by atoms with van der Waals surface area (Å²) in [7, 11) is 0. The zero-order valence-corrected chi connectivity index (χ0v) is 14.3. The fourth-order valence-corrected chi connectivity index (χ4v) is 2.63. The van der Waals surface area contributed by atoms with Crippen molar-refractivity contribution in [1.29, 1.82) is 0 Å². The number of esters is 1. The number of allylic oxidation sites excluding steroid dienone is 4. The third-order valence-corrected chi connectivity index (χ3v) is 3.89. The lowest BCUT2D eigenvalue weighted by atomic mass is 9.95. The normalized spacial score (nSPS) is 13.6. The number of hydrogen-bond donors (Lipinski definition) is 1. The van der Waals surface area contributed by atoms with Crippen molar-refractivity contribution in [1.82, 2.24) is 0 Å². The largest absolute Gasteiger partial charge is 0.481 e. The molecule has 0 bridgehead atoms. The number of aliphatic carboxylic acids is 1. The summed E-state index contributed by atoms with van der Waals surface area (Å²) < 4.78 is 4.97. The molecule has 1 aromatic carbocycles. The molecular weight excluding hydrogens is 371 g/mol. The van der Waals surface area contributed by atoms with Gasteiger partial charge in [0, 0.05) is 22.6 Å². The van der Waals surface area contributed by atoms with Gasteiger partial charge in [0.2, 0.25) is 0 Å². The Kier molecular flexibility index (Phi) is 6.12. The number of carbonyl (C=O) groups is 4. The quantitative estimate of drug-likeness (QED) is 0.461. The van der Waals surface area contributed by atoms with E-state index in [0.29, 0.717) is 0 Å². The molecule has 0 aliphatic heterocycles. The van der Waals surface area contributed by atoms with E-state index in [1.54, 1.807) is 0 Å². The summed E-state index contributed by atoms with van der Waals surface area (Å²) in [5.41, 5.74) is 0.101. The number of halogens is 2. The fourth-order valence-electron chi connectivity index (χ4n) is 2.12. The Morgan fingerprint density at radius 3 is 2.52 bits per heavy atom. The molecule has 0 saturated carbocycles. The highest BCUT2D eigenvalue weighted by Gasteiger charge is 2.23. The van der Waals surface area contributed by atoms with Gasteiger partial charge in [-0.3, -0.25) is 14.4 Å². The van der Waals surface area contributed by atoms with Gasteiger partial charge in [-0.25, -0.2) is 4.79 Å². The number of carboxylic acid groups (broad SMARTS) is 1. The molecule has 0 aromatic heterocycles. The Hall–Kier alpha value is -2.44. The minimum Gasteiger partial charge on any atom is -0.481 e. The number of carbonyl (C=O) groups excluding carboxylic acids is 3. The maximum atomic E-state index is 12.1. The van der Waals surface area contributed by atoms with Crippen LogP contribution in [0, 0.1) is 0 Å². The Balaban J connectivity index is 2.28. The van der Waals surface area contributed by atoms with Gasteiger partial charge in [0.25, 0.3) is 0 Å². The zero-order valence-electron chi connectivity index (χ0n) is 12.8. The molecule has 130 valence electrons. The van der Waals surface area contributed by atoms with Crippen LogP contribution in [0.3, 0.4) is 0 Å². The highest BCUT2D eigenvalue weighted by atomic mass is 35.5. The van der Waals surface area contributed by atoms with Crippen molar-refractivity contribution in [2.75, 3.05) is 6.61 Å². The van der Waals surface area contributed by atoms with E-state index < -0.39 is 17.7 Å². The molecule has 1 N–H and O–H groups in total. The zero-order chi connectivity index (χ0) is 18.6. The van der Waals surface area contributed by atoms with Crippen LogP contribution in [-0.2, 0) is 19.1 Å². The first-order valence-corrected chi connectivity index (χ1v) is 7.91. The lowest BCUT2D eigenvalue weighted by molar-refractivity contribution is -0.137. The van der Waals surface area contributed by atoms with E-state index in [-0.39, 0.29) is 52.0 Å². The first kappa shape index (κ1) is 18.9. The van der Waals surface area contributed by atoms with E-state index in [4.69, 9.17) is 33.0 Å². The molecule has 1 aromatic rings. The molecule has 8 heteroatoms. The van der Waals surface area contributed by atoms with Crippen LogP contribution in [0.1, 0.15) is 28.8 Å². The van der Waals surface area contributed by atoms with E-state index in [1.807, 2.05) is 0 Å². The molecule has 25 heavy (non-hydrogen) atoms. The Labute approximate surface area is 152 Å². The number of rotatable bonds is 6. The molecule has 0 heterocycles. The van der Waals surface area contributed by atoms with Crippen LogP contribution in [-0.4, -0.2) is 35.2 Å². The van der Waals surface area contributed by atoms with Crippen molar-refractivity contribution in [3.8, 4) is 0 Å². The smallest absolute Gasteiger partial charge is 0.339 e. The van der Waals surface area contributed by atoms with Crippen LogP contribution in [0.2, 0.25) is 10.0 Å². The molecule has 0 atom stereocenters. The van der Waals surface area contributed by atoms with Crippen LogP contribution < -0.4 is 0 Å². The second-order valence-electron chi connectivity index (χ2n) is 5.11. The van der Waals surface area contributed by atoms with Gasteiger partial charge >= 0.3 is 11.9 Å². The Bertz CT molecular complexity index is 823. The molecular formula is C17H12Cl2O6. The average molecular weight is 383 g/mol. The first-order chi connectivity index (χ1) is 11.8. The number of ketones is 2. The van der Waals surface area contributed by atoms with Crippen LogP contribution >= 0.6 is 23.2 Å². The average Bonchev–Trinajstić information content (AvgIpc) is 2.55. The van der Waals surface area contributed by atoms with Crippen LogP contribution in [0.15, 0.2) is 30.4 Å². The number of carboxylic acids is 1. The summed E-state index contributed by atoms with van der Waals surface area (Å²) in [6.45, 7) is -0.105. The molecule has 0 amide bonds. The third kappa shape index (κ3) is 4.78. The molecule has 6 nitrogen and oxygen atoms in total. The van der Waals surface area contributed by atoms with Crippen molar-refractivity contribution in [3.05, 3.63) is 51.5 Å². The maximum Gasteiger partial charge on any atom is 0.339 e. The summed E-state index contributed by atoms with van der Waals surface area (Å²) in [6.07, 6.45) is 3.36. The maximum absolute atomic E-state index is 12.1. The second-order valence-corrected chi connectivity index (χ2v) is 5.92. The van der Waals surface area contributed by atoms with Crippen molar-refractivity contribution in [3.63, 3.8) is 0 Å². The van der Waals surface area contributed by atoms with Gasteiger partial charge in [0.15, 0.2) is 11.6 Å². The van der Waals surface area contributed by atoms with Gasteiger partial charge in [-0.15, -0.1) is 0 Å². The summed E-state index contributed by atoms with van der Waals surface area (Å²) >= 11 is 12.2. The van der Waals surface area contributed by atoms with Gasteiger partial charge in [0.05, 0.1) is 17.2 Å². The standard InChI is InChI=1S/C17H12Cl2O6/c18-9-6-12(11-8-10(20)3-4-14(11)21)16(19)13(7-9)17(24)25-5-1-2-15(22)23/h3-4,6-8H,1-2,5H2,(H,22,23). The van der Waals surface area contributed by atoms with E-state index in [9.17, 15) is 19.2 Å². The van der Waals surface area contributed by atoms with Crippen LogP contribution in [0.5, 0.6) is 0 Å². The minimum absolute atomic E-state index is 0.0277. The molecule has 1 aliphatic carbocycles. The lowest BCUT2D eigenvalue weighted by Gasteiger charge is -2.13. The molecule has 0 radical (unpaired) electrons. The van der Waals surface area contributed by atoms with E-state index in [1.165, 1.54) is 12.1 Å². The molecule has 0 unspecified atom stereocenters. The Morgan fingerprint density at radius 1 is 1.12 bits per heavy atom. The minimum atomic E-state index is -1.00. The summed E-state index contributed by atoms with van der Waals surface area (Å²) in [4.78, 5) is 46.1. The monoisotopic (exact) mass is 382 g/mol. The van der Waals surface area contributed by atoms with E-state index in [0.717, 1.165) is 18.2 Å². The SMILES string of the molecule is O=C1C=CC(=O)C(c2cc(Cl)cc(C(=O)OCCCC(=O)O)c2Cl)=C1. The molecule has 0 spiro atoms. The second kappa shape index (κ2) is 8.09.